The molecule has 1 saturated carbocycles. The molecule has 0 amide bonds. The monoisotopic (exact) mass is 248 g/mol. The lowest BCUT2D eigenvalue weighted by Crippen LogP contribution is -2.21. The van der Waals surface area contributed by atoms with Crippen LogP contribution in [0.15, 0.2) is 24.3 Å². The van der Waals surface area contributed by atoms with Crippen molar-refractivity contribution in [2.45, 2.75) is 32.1 Å². The average Bonchev–Trinajstić information content (AvgIpc) is 2.41. The van der Waals surface area contributed by atoms with Crippen LogP contribution in [0, 0.1) is 5.92 Å². The summed E-state index contributed by atoms with van der Waals surface area (Å²) in [6, 6.07) is 7.60. The number of benzene rings is 1. The van der Waals surface area contributed by atoms with E-state index >= 15 is 0 Å². The van der Waals surface area contributed by atoms with Crippen LogP contribution in [0.1, 0.15) is 32.1 Å². The highest BCUT2D eigenvalue weighted by atomic mass is 16.5. The topological polar surface area (TPSA) is 35.5 Å². The van der Waals surface area contributed by atoms with Crippen LogP contribution in [0.2, 0.25) is 0 Å². The maximum atomic E-state index is 11.7. The van der Waals surface area contributed by atoms with E-state index in [0.717, 1.165) is 37.2 Å². The van der Waals surface area contributed by atoms with Gasteiger partial charge in [-0.2, -0.15) is 0 Å². The molecule has 1 aliphatic carbocycles. The van der Waals surface area contributed by atoms with Gasteiger partial charge in [0.15, 0.2) is 11.5 Å². The quantitative estimate of drug-likeness (QED) is 0.802. The van der Waals surface area contributed by atoms with Gasteiger partial charge in [-0.15, -0.1) is 0 Å². The molecule has 0 spiro atoms. The molecule has 0 aromatic heterocycles. The van der Waals surface area contributed by atoms with Crippen LogP contribution < -0.4 is 9.47 Å². The van der Waals surface area contributed by atoms with Gasteiger partial charge in [0.1, 0.15) is 5.78 Å². The number of para-hydroxylation sites is 2. The maximum absolute atomic E-state index is 11.7. The summed E-state index contributed by atoms with van der Waals surface area (Å²) in [7, 11) is 1.63. The number of hydrogen-bond acceptors (Lipinski definition) is 3. The Morgan fingerprint density at radius 2 is 2.00 bits per heavy atom. The summed E-state index contributed by atoms with van der Waals surface area (Å²) in [6.07, 6.45) is 4.82. The molecule has 2 rings (SSSR count). The second-order valence-corrected chi connectivity index (χ2v) is 4.70. The van der Waals surface area contributed by atoms with Crippen LogP contribution in [0.4, 0.5) is 0 Å². The van der Waals surface area contributed by atoms with Crippen molar-refractivity contribution in [3.8, 4) is 11.5 Å². The fraction of sp³-hybridized carbons (Fsp3) is 0.533. The summed E-state index contributed by atoms with van der Waals surface area (Å²) in [6.45, 7) is 0.580. The molecule has 0 heterocycles. The minimum Gasteiger partial charge on any atom is -0.493 e. The fourth-order valence-electron chi connectivity index (χ4n) is 2.41. The summed E-state index contributed by atoms with van der Waals surface area (Å²) in [5, 5.41) is 0. The third-order valence-electron chi connectivity index (χ3n) is 3.47. The van der Waals surface area contributed by atoms with E-state index in [-0.39, 0.29) is 5.92 Å². The van der Waals surface area contributed by atoms with Crippen LogP contribution >= 0.6 is 0 Å². The van der Waals surface area contributed by atoms with Gasteiger partial charge in [0.25, 0.3) is 0 Å². The predicted molar refractivity (Wildman–Crippen MR) is 70.1 cm³/mol. The van der Waals surface area contributed by atoms with Crippen molar-refractivity contribution >= 4 is 5.78 Å². The number of carbonyl (C=O) groups excluding carboxylic acids is 1. The Morgan fingerprint density at radius 1 is 1.22 bits per heavy atom. The normalized spacial score (nSPS) is 19.6. The lowest BCUT2D eigenvalue weighted by atomic mass is 9.86. The van der Waals surface area contributed by atoms with E-state index in [1.807, 2.05) is 24.3 Å². The van der Waals surface area contributed by atoms with Gasteiger partial charge in [0.2, 0.25) is 0 Å². The third kappa shape index (κ3) is 3.25. The van der Waals surface area contributed by atoms with Gasteiger partial charge in [0, 0.05) is 12.3 Å². The van der Waals surface area contributed by atoms with Crippen LogP contribution in [-0.2, 0) is 4.79 Å². The Balaban J connectivity index is 1.82. The second kappa shape index (κ2) is 6.43. The van der Waals surface area contributed by atoms with Crippen molar-refractivity contribution < 1.29 is 14.3 Å². The van der Waals surface area contributed by atoms with Gasteiger partial charge in [-0.05, 0) is 31.4 Å². The molecule has 0 aliphatic heterocycles. The molecule has 0 saturated heterocycles. The summed E-state index contributed by atoms with van der Waals surface area (Å²) in [5.41, 5.74) is 0. The number of carbonyl (C=O) groups is 1. The van der Waals surface area contributed by atoms with E-state index in [2.05, 4.69) is 0 Å². The van der Waals surface area contributed by atoms with Crippen molar-refractivity contribution in [1.82, 2.24) is 0 Å². The molecule has 1 aliphatic rings. The van der Waals surface area contributed by atoms with Crippen LogP contribution in [-0.4, -0.2) is 19.5 Å². The molecule has 98 valence electrons. The smallest absolute Gasteiger partial charge is 0.161 e. The Hall–Kier alpha value is -1.51. The Bertz CT molecular complexity index is 400. The molecule has 1 fully saturated rings. The van der Waals surface area contributed by atoms with Crippen LogP contribution in [0.5, 0.6) is 11.5 Å². The number of Topliss-reactive ketones (excluding diaryl/α,β-unsaturated/α-hetero) is 1. The summed E-state index contributed by atoms with van der Waals surface area (Å²) in [4.78, 5) is 11.7. The minimum absolute atomic E-state index is 0.202. The first kappa shape index (κ1) is 12.9. The number of ketones is 1. The Labute approximate surface area is 108 Å². The molecule has 1 atom stereocenters. The van der Waals surface area contributed by atoms with Crippen molar-refractivity contribution in [2.75, 3.05) is 13.7 Å². The van der Waals surface area contributed by atoms with Gasteiger partial charge in [-0.3, -0.25) is 4.79 Å². The number of rotatable bonds is 5. The molecule has 3 heteroatoms. The zero-order valence-electron chi connectivity index (χ0n) is 10.9. The van der Waals surface area contributed by atoms with E-state index in [4.69, 9.17) is 9.47 Å². The number of ether oxygens (including phenoxy) is 2. The molecule has 1 unspecified atom stereocenters. The Kier molecular flexibility index (Phi) is 4.62. The summed E-state index contributed by atoms with van der Waals surface area (Å²) in [5.74, 6) is 2.11. The van der Waals surface area contributed by atoms with Gasteiger partial charge in [-0.25, -0.2) is 0 Å². The van der Waals surface area contributed by atoms with Crippen molar-refractivity contribution in [3.63, 3.8) is 0 Å². The molecule has 1 aromatic carbocycles. The molecule has 3 nitrogen and oxygen atoms in total. The van der Waals surface area contributed by atoms with E-state index in [9.17, 15) is 4.79 Å². The summed E-state index contributed by atoms with van der Waals surface area (Å²) < 4.78 is 10.9. The average molecular weight is 248 g/mol. The molecular formula is C15H20O3. The lowest BCUT2D eigenvalue weighted by Gasteiger charge is -2.20. The standard InChI is InChI=1S/C15H20O3/c1-17-14-8-4-5-9-15(14)18-11-10-12-6-2-3-7-13(12)16/h4-5,8-9,12H,2-3,6-7,10-11H2,1H3. The zero-order chi connectivity index (χ0) is 12.8. The highest BCUT2D eigenvalue weighted by Gasteiger charge is 2.21. The van der Waals surface area contributed by atoms with Gasteiger partial charge >= 0.3 is 0 Å². The van der Waals surface area contributed by atoms with Crippen molar-refractivity contribution in [2.24, 2.45) is 5.92 Å². The van der Waals surface area contributed by atoms with E-state index in [1.165, 1.54) is 6.42 Å². The van der Waals surface area contributed by atoms with Gasteiger partial charge in [-0.1, -0.05) is 18.6 Å². The maximum Gasteiger partial charge on any atom is 0.161 e. The zero-order valence-corrected chi connectivity index (χ0v) is 10.9. The lowest BCUT2D eigenvalue weighted by molar-refractivity contribution is -0.125. The fourth-order valence-corrected chi connectivity index (χ4v) is 2.41. The van der Waals surface area contributed by atoms with Gasteiger partial charge < -0.3 is 9.47 Å². The molecular weight excluding hydrogens is 228 g/mol. The highest BCUT2D eigenvalue weighted by molar-refractivity contribution is 5.81. The Morgan fingerprint density at radius 3 is 2.72 bits per heavy atom. The van der Waals surface area contributed by atoms with E-state index in [1.54, 1.807) is 7.11 Å². The number of methoxy groups -OCH3 is 1. The highest BCUT2D eigenvalue weighted by Crippen LogP contribution is 2.27. The molecule has 18 heavy (non-hydrogen) atoms. The molecule has 0 bridgehead atoms. The van der Waals surface area contributed by atoms with Crippen molar-refractivity contribution in [3.05, 3.63) is 24.3 Å². The van der Waals surface area contributed by atoms with E-state index in [0.29, 0.717) is 12.4 Å². The minimum atomic E-state index is 0.202. The van der Waals surface area contributed by atoms with Crippen molar-refractivity contribution in [1.29, 1.82) is 0 Å². The van der Waals surface area contributed by atoms with Crippen LogP contribution in [0.25, 0.3) is 0 Å². The number of hydrogen-bond donors (Lipinski definition) is 0. The first-order valence-electron chi connectivity index (χ1n) is 6.60. The van der Waals surface area contributed by atoms with E-state index < -0.39 is 0 Å². The van der Waals surface area contributed by atoms with Gasteiger partial charge in [0.05, 0.1) is 13.7 Å². The molecule has 0 N–H and O–H groups in total. The van der Waals surface area contributed by atoms with Crippen LogP contribution in [0.3, 0.4) is 0 Å². The largest absolute Gasteiger partial charge is 0.493 e. The summed E-state index contributed by atoms with van der Waals surface area (Å²) >= 11 is 0. The second-order valence-electron chi connectivity index (χ2n) is 4.70. The first-order chi connectivity index (χ1) is 8.81. The molecule has 1 aromatic rings. The molecule has 0 radical (unpaired) electrons. The third-order valence-corrected chi connectivity index (χ3v) is 3.47. The first-order valence-corrected chi connectivity index (χ1v) is 6.60. The SMILES string of the molecule is COc1ccccc1OCCC1CCCCC1=O. The predicted octanol–water partition coefficient (Wildman–Crippen LogP) is 3.22.